The Morgan fingerprint density at radius 2 is 1.96 bits per heavy atom. The number of hydrogen-bond donors (Lipinski definition) is 0. The maximum atomic E-state index is 13.6. The lowest BCUT2D eigenvalue weighted by Crippen LogP contribution is -2.51. The molecular formula is C20H21ClO6. The van der Waals surface area contributed by atoms with Crippen molar-refractivity contribution in [1.82, 2.24) is 0 Å². The van der Waals surface area contributed by atoms with Crippen LogP contribution in [0.3, 0.4) is 0 Å². The van der Waals surface area contributed by atoms with Gasteiger partial charge in [-0.3, -0.25) is 9.59 Å². The highest BCUT2D eigenvalue weighted by Gasteiger charge is 2.60. The highest BCUT2D eigenvalue weighted by molar-refractivity contribution is 6.35. The molecule has 0 bridgehead atoms. The van der Waals surface area contributed by atoms with Crippen LogP contribution in [-0.2, 0) is 9.53 Å². The van der Waals surface area contributed by atoms with E-state index in [-0.39, 0.29) is 40.1 Å². The average Bonchev–Trinajstić information content (AvgIpc) is 3.42. The van der Waals surface area contributed by atoms with E-state index >= 15 is 0 Å². The van der Waals surface area contributed by atoms with Gasteiger partial charge in [-0.05, 0) is 18.8 Å². The first-order valence-electron chi connectivity index (χ1n) is 8.98. The van der Waals surface area contributed by atoms with Crippen molar-refractivity contribution in [1.29, 1.82) is 0 Å². The Bertz CT molecular complexity index is 857. The van der Waals surface area contributed by atoms with Gasteiger partial charge in [0.2, 0.25) is 11.4 Å². The first-order chi connectivity index (χ1) is 12.9. The summed E-state index contributed by atoms with van der Waals surface area (Å²) in [7, 11) is 2.92. The molecule has 1 spiro atoms. The molecule has 0 N–H and O–H groups in total. The topological polar surface area (TPSA) is 71.1 Å². The summed E-state index contributed by atoms with van der Waals surface area (Å²) < 4.78 is 22.8. The van der Waals surface area contributed by atoms with Crippen LogP contribution in [0, 0.1) is 11.8 Å². The van der Waals surface area contributed by atoms with Crippen LogP contribution in [-0.4, -0.2) is 38.0 Å². The van der Waals surface area contributed by atoms with E-state index in [0.29, 0.717) is 24.0 Å². The van der Waals surface area contributed by atoms with Gasteiger partial charge in [-0.15, -0.1) is 0 Å². The monoisotopic (exact) mass is 392 g/mol. The largest absolute Gasteiger partial charge is 0.496 e. The number of allylic oxidation sites excluding steroid dienone is 1. The molecule has 0 amide bonds. The van der Waals surface area contributed by atoms with Gasteiger partial charge in [-0.25, -0.2) is 0 Å². The van der Waals surface area contributed by atoms with Crippen molar-refractivity contribution in [2.75, 3.05) is 20.8 Å². The van der Waals surface area contributed by atoms with Crippen LogP contribution in [0.15, 0.2) is 17.9 Å². The molecule has 6 nitrogen and oxygen atoms in total. The fraction of sp³-hybridized carbons (Fsp3) is 0.500. The zero-order valence-electron chi connectivity index (χ0n) is 15.5. The SMILES string of the molecule is COC1=CC(=O)C[C@@H](C)[C@]12Oc1c(Cl)c(OC)cc(OCC3CC3)c1C2=O. The number of carbonyl (C=O) groups is 2. The standard InChI is InChI=1S/C20H21ClO6/c1-10-6-12(22)7-15(25-3)20(10)19(23)16-13(26-9-11-4-5-11)8-14(24-2)17(21)18(16)27-20/h7-8,10-11H,4-6,9H2,1-3H3/t10-,20+/m1/s1. The lowest BCUT2D eigenvalue weighted by Gasteiger charge is -2.36. The number of fused-ring (bicyclic) bond motifs is 1. The number of Topliss-reactive ketones (excluding diaryl/α,β-unsaturated/α-hetero) is 1. The Labute approximate surface area is 162 Å². The Kier molecular flexibility index (Phi) is 4.34. The van der Waals surface area contributed by atoms with Crippen LogP contribution in [0.4, 0.5) is 0 Å². The van der Waals surface area contributed by atoms with Crippen LogP contribution in [0.1, 0.15) is 36.5 Å². The summed E-state index contributed by atoms with van der Waals surface area (Å²) in [5.74, 6) is 0.851. The zero-order chi connectivity index (χ0) is 19.3. The number of hydrogen-bond acceptors (Lipinski definition) is 6. The summed E-state index contributed by atoms with van der Waals surface area (Å²) in [5, 5.41) is 0.205. The number of methoxy groups -OCH3 is 2. The third kappa shape index (κ3) is 2.69. The Balaban J connectivity index is 1.85. The van der Waals surface area contributed by atoms with Crippen molar-refractivity contribution in [3.63, 3.8) is 0 Å². The van der Waals surface area contributed by atoms with E-state index < -0.39 is 11.5 Å². The average molecular weight is 393 g/mol. The molecular weight excluding hydrogens is 372 g/mol. The summed E-state index contributed by atoms with van der Waals surface area (Å²) in [6, 6.07) is 1.62. The molecule has 1 fully saturated rings. The number of rotatable bonds is 5. The fourth-order valence-corrected chi connectivity index (χ4v) is 4.01. The summed E-state index contributed by atoms with van der Waals surface area (Å²) in [6.45, 7) is 2.32. The van der Waals surface area contributed by atoms with Crippen LogP contribution < -0.4 is 14.2 Å². The van der Waals surface area contributed by atoms with Gasteiger partial charge in [0.15, 0.2) is 17.3 Å². The molecule has 1 aromatic rings. The molecule has 2 atom stereocenters. The highest BCUT2D eigenvalue weighted by atomic mass is 35.5. The molecule has 27 heavy (non-hydrogen) atoms. The summed E-state index contributed by atoms with van der Waals surface area (Å²) in [5.41, 5.74) is -1.14. The Morgan fingerprint density at radius 3 is 2.59 bits per heavy atom. The number of ketones is 2. The number of halogens is 1. The first-order valence-corrected chi connectivity index (χ1v) is 9.36. The molecule has 0 aromatic heterocycles. The fourth-order valence-electron chi connectivity index (χ4n) is 3.74. The van der Waals surface area contributed by atoms with E-state index in [1.807, 2.05) is 0 Å². The molecule has 3 aliphatic rings. The van der Waals surface area contributed by atoms with E-state index in [0.717, 1.165) is 12.8 Å². The van der Waals surface area contributed by atoms with Crippen LogP contribution in [0.25, 0.3) is 0 Å². The smallest absolute Gasteiger partial charge is 0.231 e. The Hall–Kier alpha value is -2.21. The Morgan fingerprint density at radius 1 is 1.22 bits per heavy atom. The van der Waals surface area contributed by atoms with E-state index in [2.05, 4.69) is 0 Å². The van der Waals surface area contributed by atoms with E-state index in [1.54, 1.807) is 13.0 Å². The molecule has 1 aliphatic heterocycles. The zero-order valence-corrected chi connectivity index (χ0v) is 16.2. The van der Waals surface area contributed by atoms with Gasteiger partial charge in [-0.1, -0.05) is 18.5 Å². The highest BCUT2D eigenvalue weighted by Crippen LogP contribution is 2.54. The second-order valence-electron chi connectivity index (χ2n) is 7.30. The van der Waals surface area contributed by atoms with Crippen molar-refractivity contribution < 1.29 is 28.5 Å². The second-order valence-corrected chi connectivity index (χ2v) is 7.68. The van der Waals surface area contributed by atoms with Crippen LogP contribution >= 0.6 is 11.6 Å². The summed E-state index contributed by atoms with van der Waals surface area (Å²) >= 11 is 6.45. The molecule has 1 heterocycles. The minimum atomic E-state index is -1.42. The maximum absolute atomic E-state index is 13.6. The molecule has 0 unspecified atom stereocenters. The van der Waals surface area contributed by atoms with Crippen molar-refractivity contribution in [2.24, 2.45) is 11.8 Å². The maximum Gasteiger partial charge on any atom is 0.231 e. The summed E-state index contributed by atoms with van der Waals surface area (Å²) in [6.07, 6.45) is 3.76. The molecule has 0 radical (unpaired) electrons. The molecule has 2 aliphatic carbocycles. The van der Waals surface area contributed by atoms with Gasteiger partial charge in [0.1, 0.15) is 22.1 Å². The quantitative estimate of drug-likeness (QED) is 0.762. The van der Waals surface area contributed by atoms with E-state index in [9.17, 15) is 9.59 Å². The van der Waals surface area contributed by atoms with Gasteiger partial charge in [0, 0.05) is 24.5 Å². The lowest BCUT2D eigenvalue weighted by molar-refractivity contribution is -0.118. The lowest BCUT2D eigenvalue weighted by atomic mass is 9.75. The van der Waals surface area contributed by atoms with Crippen LogP contribution in [0.2, 0.25) is 5.02 Å². The van der Waals surface area contributed by atoms with Gasteiger partial charge >= 0.3 is 0 Å². The third-order valence-electron chi connectivity index (χ3n) is 5.45. The molecule has 144 valence electrons. The molecule has 0 saturated heterocycles. The van der Waals surface area contributed by atoms with E-state index in [1.165, 1.54) is 20.3 Å². The van der Waals surface area contributed by atoms with Crippen molar-refractivity contribution in [2.45, 2.75) is 31.8 Å². The number of benzene rings is 1. The first kappa shape index (κ1) is 18.2. The molecule has 1 saturated carbocycles. The minimum absolute atomic E-state index is 0.105. The van der Waals surface area contributed by atoms with Gasteiger partial charge in [-0.2, -0.15) is 0 Å². The minimum Gasteiger partial charge on any atom is -0.496 e. The second kappa shape index (κ2) is 6.44. The normalized spacial score (nSPS) is 26.5. The predicted molar refractivity (Wildman–Crippen MR) is 97.8 cm³/mol. The van der Waals surface area contributed by atoms with Gasteiger partial charge < -0.3 is 18.9 Å². The third-order valence-corrected chi connectivity index (χ3v) is 5.81. The molecule has 1 aromatic carbocycles. The number of ether oxygens (including phenoxy) is 4. The van der Waals surface area contributed by atoms with Gasteiger partial charge in [0.25, 0.3) is 0 Å². The van der Waals surface area contributed by atoms with Crippen molar-refractivity contribution in [3.05, 3.63) is 28.5 Å². The van der Waals surface area contributed by atoms with Gasteiger partial charge in [0.05, 0.1) is 20.8 Å². The summed E-state index contributed by atoms with van der Waals surface area (Å²) in [4.78, 5) is 25.5. The predicted octanol–water partition coefficient (Wildman–Crippen LogP) is 3.59. The van der Waals surface area contributed by atoms with Crippen molar-refractivity contribution in [3.8, 4) is 17.2 Å². The van der Waals surface area contributed by atoms with Crippen LogP contribution in [0.5, 0.6) is 17.2 Å². The van der Waals surface area contributed by atoms with Crippen molar-refractivity contribution >= 4 is 23.2 Å². The molecule has 7 heteroatoms. The van der Waals surface area contributed by atoms with E-state index in [4.69, 9.17) is 30.5 Å². The number of carbonyl (C=O) groups excluding carboxylic acids is 2. The molecule has 4 rings (SSSR count).